The van der Waals surface area contributed by atoms with Gasteiger partial charge in [0.2, 0.25) is 0 Å². The molecular weight excluding hydrogens is 390 g/mol. The van der Waals surface area contributed by atoms with Crippen LogP contribution in [0.2, 0.25) is 0 Å². The number of carbonyl (C=O) groups is 2. The Morgan fingerprint density at radius 3 is 2.86 bits per heavy atom. The van der Waals surface area contributed by atoms with Gasteiger partial charge < -0.3 is 14.8 Å². The zero-order valence-electron chi connectivity index (χ0n) is 17.8. The zero-order valence-corrected chi connectivity index (χ0v) is 18.6. The molecule has 1 aromatic heterocycles. The average Bonchev–Trinajstić information content (AvgIpc) is 2.99. The van der Waals surface area contributed by atoms with Crippen molar-refractivity contribution in [2.45, 2.75) is 52.5 Å². The Balaban J connectivity index is 1.76. The highest BCUT2D eigenvalue weighted by Gasteiger charge is 2.39. The third-order valence-electron chi connectivity index (χ3n) is 5.96. The summed E-state index contributed by atoms with van der Waals surface area (Å²) in [6.45, 7) is 7.29. The molecule has 7 nitrogen and oxygen atoms in total. The minimum absolute atomic E-state index is 0.0277. The zero-order chi connectivity index (χ0) is 20.9. The van der Waals surface area contributed by atoms with Gasteiger partial charge in [0.1, 0.15) is 5.69 Å². The Morgan fingerprint density at radius 2 is 2.17 bits per heavy atom. The van der Waals surface area contributed by atoms with Gasteiger partial charge in [-0.05, 0) is 50.2 Å². The van der Waals surface area contributed by atoms with Crippen molar-refractivity contribution >= 4 is 23.6 Å². The predicted octanol–water partition coefficient (Wildman–Crippen LogP) is 2.46. The van der Waals surface area contributed by atoms with Gasteiger partial charge >= 0.3 is 5.97 Å². The second kappa shape index (κ2) is 9.98. The number of nitrogens with one attached hydrogen (secondary N) is 1. The van der Waals surface area contributed by atoms with Crippen molar-refractivity contribution in [3.63, 3.8) is 0 Å². The molecule has 0 saturated carbocycles. The lowest BCUT2D eigenvalue weighted by atomic mass is 9.75. The van der Waals surface area contributed by atoms with Gasteiger partial charge in [-0.15, -0.1) is 0 Å². The molecule has 8 heteroatoms. The molecule has 3 rings (SSSR count). The van der Waals surface area contributed by atoms with Crippen LogP contribution in [0.15, 0.2) is 0 Å². The van der Waals surface area contributed by atoms with Crippen LogP contribution in [0, 0.1) is 11.3 Å². The van der Waals surface area contributed by atoms with Crippen LogP contribution in [0.5, 0.6) is 0 Å². The lowest BCUT2D eigenvalue weighted by Crippen LogP contribution is -2.40. The van der Waals surface area contributed by atoms with E-state index in [-0.39, 0.29) is 23.2 Å². The molecule has 1 fully saturated rings. The van der Waals surface area contributed by atoms with Crippen LogP contribution in [-0.2, 0) is 33.7 Å². The van der Waals surface area contributed by atoms with Gasteiger partial charge in [-0.25, -0.2) is 0 Å². The van der Waals surface area contributed by atoms with E-state index in [4.69, 9.17) is 14.6 Å². The number of nitrogens with zero attached hydrogens (tertiary/aromatic N) is 2. The van der Waals surface area contributed by atoms with Gasteiger partial charge in [0.15, 0.2) is 0 Å². The van der Waals surface area contributed by atoms with E-state index in [1.54, 1.807) is 11.8 Å². The van der Waals surface area contributed by atoms with Crippen molar-refractivity contribution in [3.05, 3.63) is 17.0 Å². The molecule has 2 aliphatic rings. The lowest BCUT2D eigenvalue weighted by Gasteiger charge is -2.36. The Labute approximate surface area is 177 Å². The minimum Gasteiger partial charge on any atom is -0.465 e. The summed E-state index contributed by atoms with van der Waals surface area (Å²) in [5.41, 5.74) is 2.79. The fourth-order valence-electron chi connectivity index (χ4n) is 4.21. The Morgan fingerprint density at radius 1 is 1.41 bits per heavy atom. The smallest absolute Gasteiger partial charge is 0.306 e. The molecule has 0 aromatic carbocycles. The molecule has 29 heavy (non-hydrogen) atoms. The molecule has 0 bridgehead atoms. The number of fused-ring (bicyclic) bond motifs is 1. The Kier molecular flexibility index (Phi) is 7.62. The summed E-state index contributed by atoms with van der Waals surface area (Å²) in [6.07, 6.45) is 5.87. The van der Waals surface area contributed by atoms with Crippen LogP contribution in [-0.4, -0.2) is 60.0 Å². The van der Waals surface area contributed by atoms with E-state index < -0.39 is 0 Å². The third-order valence-corrected chi connectivity index (χ3v) is 6.57. The first-order valence-electron chi connectivity index (χ1n) is 10.6. The fourth-order valence-corrected chi connectivity index (χ4v) is 4.58. The molecule has 0 aliphatic carbocycles. The first-order valence-corrected chi connectivity index (χ1v) is 12.0. The third kappa shape index (κ3) is 5.34. The van der Waals surface area contributed by atoms with E-state index in [1.165, 1.54) is 0 Å². The summed E-state index contributed by atoms with van der Waals surface area (Å²) in [5.74, 6) is 0.752. The molecule has 1 spiro atoms. The number of hydrogen-bond donors (Lipinski definition) is 1. The van der Waals surface area contributed by atoms with E-state index in [9.17, 15) is 9.59 Å². The maximum Gasteiger partial charge on any atom is 0.306 e. The maximum atomic E-state index is 12.9. The van der Waals surface area contributed by atoms with Crippen LogP contribution in [0.4, 0.5) is 0 Å². The van der Waals surface area contributed by atoms with Crippen molar-refractivity contribution in [1.82, 2.24) is 15.1 Å². The largest absolute Gasteiger partial charge is 0.465 e. The molecule has 3 heterocycles. The van der Waals surface area contributed by atoms with E-state index in [1.807, 2.05) is 17.9 Å². The number of aromatic nitrogens is 2. The number of hydrogen-bond acceptors (Lipinski definition) is 6. The standard InChI is InChI=1S/C21H33N3O4S/c1-4-24-19-16(12-21(14-22-20(19)26)6-8-27-9-7-21)17(23-24)11-15(2)13-28-18(25)5-10-29-3/h15H,4-14H2,1-3H3,(H,22,26)/t15-/m1/s1. The second-order valence-corrected chi connectivity index (χ2v) is 9.28. The maximum absolute atomic E-state index is 12.9. The lowest BCUT2D eigenvalue weighted by molar-refractivity contribution is -0.144. The second-order valence-electron chi connectivity index (χ2n) is 8.30. The van der Waals surface area contributed by atoms with E-state index in [0.29, 0.717) is 38.2 Å². The normalized spacial score (nSPS) is 19.3. The van der Waals surface area contributed by atoms with Gasteiger partial charge in [-0.1, -0.05) is 6.92 Å². The van der Waals surface area contributed by atoms with Crippen molar-refractivity contribution in [2.75, 3.05) is 38.4 Å². The van der Waals surface area contributed by atoms with Gasteiger partial charge in [-0.3, -0.25) is 14.3 Å². The molecule has 0 unspecified atom stereocenters. The average molecular weight is 424 g/mol. The van der Waals surface area contributed by atoms with Crippen LogP contribution in [0.25, 0.3) is 0 Å². The first kappa shape index (κ1) is 22.2. The van der Waals surface area contributed by atoms with Crippen molar-refractivity contribution < 1.29 is 19.1 Å². The highest BCUT2D eigenvalue weighted by Crippen LogP contribution is 2.38. The predicted molar refractivity (Wildman–Crippen MR) is 113 cm³/mol. The molecule has 1 atom stereocenters. The summed E-state index contributed by atoms with van der Waals surface area (Å²) in [4.78, 5) is 24.7. The topological polar surface area (TPSA) is 82.5 Å². The summed E-state index contributed by atoms with van der Waals surface area (Å²) < 4.78 is 12.8. The first-order chi connectivity index (χ1) is 14.0. The van der Waals surface area contributed by atoms with E-state index >= 15 is 0 Å². The van der Waals surface area contributed by atoms with Crippen LogP contribution in [0.3, 0.4) is 0 Å². The number of aryl methyl sites for hydroxylation is 1. The highest BCUT2D eigenvalue weighted by molar-refractivity contribution is 7.98. The molecule has 2 aliphatic heterocycles. The number of esters is 1. The van der Waals surface area contributed by atoms with Crippen LogP contribution >= 0.6 is 11.8 Å². The van der Waals surface area contributed by atoms with Crippen molar-refractivity contribution in [1.29, 1.82) is 0 Å². The summed E-state index contributed by atoms with van der Waals surface area (Å²) in [5, 5.41) is 7.91. The number of rotatable bonds is 8. The Hall–Kier alpha value is -1.54. The Bertz CT molecular complexity index is 728. The quantitative estimate of drug-likeness (QED) is 0.647. The van der Waals surface area contributed by atoms with Gasteiger partial charge in [0, 0.05) is 37.6 Å². The number of thioether (sulfide) groups is 1. The van der Waals surface area contributed by atoms with Gasteiger partial charge in [-0.2, -0.15) is 16.9 Å². The fraction of sp³-hybridized carbons (Fsp3) is 0.762. The molecule has 0 radical (unpaired) electrons. The highest BCUT2D eigenvalue weighted by atomic mass is 32.2. The van der Waals surface area contributed by atoms with Gasteiger partial charge in [0.25, 0.3) is 5.91 Å². The SMILES string of the molecule is CCn1nc(C[C@@H](C)COC(=O)CCSC)c2c1C(=O)NCC1(CCOCC1)C2. The molecule has 1 N–H and O–H groups in total. The molecule has 1 amide bonds. The number of ether oxygens (including phenoxy) is 2. The van der Waals surface area contributed by atoms with Gasteiger partial charge in [0.05, 0.1) is 18.7 Å². The summed E-state index contributed by atoms with van der Waals surface area (Å²) >= 11 is 1.64. The summed E-state index contributed by atoms with van der Waals surface area (Å²) in [6, 6.07) is 0. The molecule has 1 aromatic rings. The van der Waals surface area contributed by atoms with Crippen LogP contribution < -0.4 is 5.32 Å². The number of amides is 1. The number of carbonyl (C=O) groups excluding carboxylic acids is 2. The minimum atomic E-state index is -0.148. The summed E-state index contributed by atoms with van der Waals surface area (Å²) in [7, 11) is 0. The van der Waals surface area contributed by atoms with E-state index in [0.717, 1.165) is 49.5 Å². The van der Waals surface area contributed by atoms with Crippen LogP contribution in [0.1, 0.15) is 54.9 Å². The van der Waals surface area contributed by atoms with E-state index in [2.05, 4.69) is 12.2 Å². The monoisotopic (exact) mass is 423 g/mol. The molecular formula is C21H33N3O4S. The molecule has 162 valence electrons. The molecule has 1 saturated heterocycles. The van der Waals surface area contributed by atoms with Crippen molar-refractivity contribution in [2.24, 2.45) is 11.3 Å². The van der Waals surface area contributed by atoms with Crippen molar-refractivity contribution in [3.8, 4) is 0 Å².